The average molecular weight is 212 g/mol. The normalized spacial score (nSPS) is 12.7. The van der Waals surface area contributed by atoms with Gasteiger partial charge in [0.05, 0.1) is 6.61 Å². The molecule has 0 radical (unpaired) electrons. The van der Waals surface area contributed by atoms with Crippen LogP contribution in [0.3, 0.4) is 0 Å². The van der Waals surface area contributed by atoms with E-state index in [-0.39, 0.29) is 6.61 Å². The maximum atomic E-state index is 13.3. The summed E-state index contributed by atoms with van der Waals surface area (Å²) in [6, 6.07) is 0. The molecule has 0 atom stereocenters. The van der Waals surface area contributed by atoms with Gasteiger partial charge in [-0.05, 0) is 13.8 Å². The maximum absolute atomic E-state index is 13.3. The Kier molecular flexibility index (Phi) is 4.41. The number of hydrogen-bond donors (Lipinski definition) is 0. The first-order chi connectivity index (χ1) is 6.35. The zero-order chi connectivity index (χ0) is 11.4. The van der Waals surface area contributed by atoms with Crippen LogP contribution < -0.4 is 0 Å². The molecule has 14 heavy (non-hydrogen) atoms. The van der Waals surface area contributed by atoms with Gasteiger partial charge in [-0.25, -0.2) is 4.79 Å². The van der Waals surface area contributed by atoms with Crippen LogP contribution in [0.2, 0.25) is 0 Å². The number of esters is 1. The summed E-state index contributed by atoms with van der Waals surface area (Å²) in [5.74, 6) is -7.81. The molecule has 4 nitrogen and oxygen atoms in total. The molecule has 0 fully saturated rings. The summed E-state index contributed by atoms with van der Waals surface area (Å²) < 4.78 is 39.8. The second-order valence-electron chi connectivity index (χ2n) is 2.65. The first-order valence-corrected chi connectivity index (χ1v) is 4.01. The Hall–Kier alpha value is -0.750. The fraction of sp³-hybridized carbons (Fsp3) is 0.875. The van der Waals surface area contributed by atoms with Crippen LogP contribution in [0, 0.1) is 0 Å². The molecule has 0 saturated carbocycles. The van der Waals surface area contributed by atoms with Crippen molar-refractivity contribution in [1.82, 2.24) is 0 Å². The monoisotopic (exact) mass is 212 g/mol. The Balaban J connectivity index is 4.81. The predicted molar refractivity (Wildman–Crippen MR) is 44.0 cm³/mol. The van der Waals surface area contributed by atoms with Crippen molar-refractivity contribution in [2.45, 2.75) is 25.6 Å². The van der Waals surface area contributed by atoms with Crippen molar-refractivity contribution in [1.29, 1.82) is 0 Å². The van der Waals surface area contributed by atoms with Gasteiger partial charge >= 0.3 is 11.9 Å². The molecule has 0 aromatic heterocycles. The minimum Gasteiger partial charge on any atom is -0.461 e. The summed E-state index contributed by atoms with van der Waals surface area (Å²) in [6.45, 7) is 2.27. The largest absolute Gasteiger partial charge is 0.461 e. The quantitative estimate of drug-likeness (QED) is 0.507. The van der Waals surface area contributed by atoms with Crippen molar-refractivity contribution in [3.8, 4) is 0 Å². The smallest absolute Gasteiger partial charge is 0.394 e. The van der Waals surface area contributed by atoms with Crippen LogP contribution in [0.1, 0.15) is 13.8 Å². The van der Waals surface area contributed by atoms with Crippen LogP contribution in [0.5, 0.6) is 0 Å². The third-order valence-corrected chi connectivity index (χ3v) is 1.88. The molecule has 0 aliphatic carbocycles. The van der Waals surface area contributed by atoms with E-state index >= 15 is 0 Å². The van der Waals surface area contributed by atoms with E-state index in [4.69, 9.17) is 0 Å². The second-order valence-corrected chi connectivity index (χ2v) is 2.65. The number of rotatable bonds is 5. The zero-order valence-corrected chi connectivity index (χ0v) is 8.60. The number of methoxy groups -OCH3 is 2. The summed E-state index contributed by atoms with van der Waals surface area (Å²) in [5, 5.41) is 0. The topological polar surface area (TPSA) is 44.8 Å². The average Bonchev–Trinajstić information content (AvgIpc) is 2.16. The standard InChI is InChI=1S/C8H14F2O4/c1-5-14-6(11)8(9,10)7(2,12-3)13-4/h5H2,1-4H3. The summed E-state index contributed by atoms with van der Waals surface area (Å²) in [7, 11) is 2.05. The van der Waals surface area contributed by atoms with Crippen LogP contribution >= 0.6 is 0 Å². The van der Waals surface area contributed by atoms with Crippen molar-refractivity contribution in [2.75, 3.05) is 20.8 Å². The molecule has 0 spiro atoms. The Labute approximate surface area is 81.1 Å². The van der Waals surface area contributed by atoms with Gasteiger partial charge in [-0.1, -0.05) is 0 Å². The molecule has 0 saturated heterocycles. The van der Waals surface area contributed by atoms with E-state index in [1.165, 1.54) is 6.92 Å². The molecule has 0 bridgehead atoms. The minimum atomic E-state index is -3.84. The summed E-state index contributed by atoms with van der Waals surface area (Å²) in [6.07, 6.45) is 0. The SMILES string of the molecule is CCOC(=O)C(F)(F)C(C)(OC)OC. The van der Waals surface area contributed by atoms with Gasteiger partial charge in [-0.2, -0.15) is 8.78 Å². The molecule has 0 heterocycles. The number of hydrogen-bond acceptors (Lipinski definition) is 4. The molecule has 0 aliphatic rings. The first-order valence-electron chi connectivity index (χ1n) is 4.01. The zero-order valence-electron chi connectivity index (χ0n) is 8.60. The lowest BCUT2D eigenvalue weighted by Gasteiger charge is -2.32. The molecule has 0 N–H and O–H groups in total. The van der Waals surface area contributed by atoms with E-state index in [0.717, 1.165) is 21.1 Å². The first kappa shape index (κ1) is 13.2. The number of alkyl halides is 2. The molecular weight excluding hydrogens is 198 g/mol. The van der Waals surface area contributed by atoms with Gasteiger partial charge in [0.1, 0.15) is 0 Å². The highest BCUT2D eigenvalue weighted by molar-refractivity contribution is 5.78. The number of carbonyl (C=O) groups excluding carboxylic acids is 1. The van der Waals surface area contributed by atoms with E-state index in [9.17, 15) is 13.6 Å². The lowest BCUT2D eigenvalue weighted by molar-refractivity contribution is -0.304. The van der Waals surface area contributed by atoms with Gasteiger partial charge in [0.15, 0.2) is 0 Å². The van der Waals surface area contributed by atoms with E-state index in [0.29, 0.717) is 0 Å². The molecule has 6 heteroatoms. The molecule has 0 unspecified atom stereocenters. The summed E-state index contributed by atoms with van der Waals surface area (Å²) in [4.78, 5) is 10.9. The van der Waals surface area contributed by atoms with Crippen molar-refractivity contribution >= 4 is 5.97 Å². The fourth-order valence-corrected chi connectivity index (χ4v) is 0.747. The van der Waals surface area contributed by atoms with Gasteiger partial charge in [0, 0.05) is 14.2 Å². The van der Waals surface area contributed by atoms with Crippen LogP contribution in [0.25, 0.3) is 0 Å². The van der Waals surface area contributed by atoms with E-state index in [1.54, 1.807) is 0 Å². The van der Waals surface area contributed by atoms with Gasteiger partial charge in [-0.15, -0.1) is 0 Å². The molecule has 0 aromatic carbocycles. The van der Waals surface area contributed by atoms with Gasteiger partial charge < -0.3 is 14.2 Å². The predicted octanol–water partition coefficient (Wildman–Crippen LogP) is 1.19. The van der Waals surface area contributed by atoms with Crippen molar-refractivity contribution in [3.05, 3.63) is 0 Å². The third-order valence-electron chi connectivity index (χ3n) is 1.88. The Bertz CT molecular complexity index is 202. The molecule has 0 aromatic rings. The van der Waals surface area contributed by atoms with Crippen LogP contribution in [0.4, 0.5) is 8.78 Å². The van der Waals surface area contributed by atoms with Gasteiger partial charge in [0.25, 0.3) is 0 Å². The van der Waals surface area contributed by atoms with E-state index in [2.05, 4.69) is 14.2 Å². The summed E-state index contributed by atoms with van der Waals surface area (Å²) >= 11 is 0. The Morgan fingerprint density at radius 3 is 2.00 bits per heavy atom. The van der Waals surface area contributed by atoms with Crippen LogP contribution in [0.15, 0.2) is 0 Å². The minimum absolute atomic E-state index is 0.127. The third kappa shape index (κ3) is 2.19. The van der Waals surface area contributed by atoms with Crippen LogP contribution in [-0.2, 0) is 19.0 Å². The molecule has 84 valence electrons. The highest BCUT2D eigenvalue weighted by Crippen LogP contribution is 2.33. The fourth-order valence-electron chi connectivity index (χ4n) is 0.747. The van der Waals surface area contributed by atoms with Crippen molar-refractivity contribution in [3.63, 3.8) is 0 Å². The number of ether oxygens (including phenoxy) is 3. The summed E-state index contributed by atoms with van der Waals surface area (Å²) in [5.41, 5.74) is 0. The molecule has 0 aliphatic heterocycles. The molecule has 0 rings (SSSR count). The van der Waals surface area contributed by atoms with E-state index in [1.807, 2.05) is 0 Å². The lowest BCUT2D eigenvalue weighted by atomic mass is 10.1. The lowest BCUT2D eigenvalue weighted by Crippen LogP contribution is -2.54. The molecular formula is C8H14F2O4. The van der Waals surface area contributed by atoms with Crippen LogP contribution in [-0.4, -0.2) is 38.5 Å². The van der Waals surface area contributed by atoms with Crippen molar-refractivity contribution < 1.29 is 27.8 Å². The highest BCUT2D eigenvalue weighted by Gasteiger charge is 2.59. The second kappa shape index (κ2) is 4.65. The van der Waals surface area contributed by atoms with Crippen molar-refractivity contribution in [2.24, 2.45) is 0 Å². The maximum Gasteiger partial charge on any atom is 0.394 e. The Morgan fingerprint density at radius 1 is 1.29 bits per heavy atom. The van der Waals surface area contributed by atoms with E-state index < -0.39 is 17.7 Å². The molecule has 0 amide bonds. The number of carbonyl (C=O) groups is 1. The van der Waals surface area contributed by atoms with Gasteiger partial charge in [0.2, 0.25) is 5.79 Å². The highest BCUT2D eigenvalue weighted by atomic mass is 19.3. The van der Waals surface area contributed by atoms with Gasteiger partial charge in [-0.3, -0.25) is 0 Å². The number of halogens is 2. The Morgan fingerprint density at radius 2 is 1.71 bits per heavy atom.